The molecular weight excluding hydrogens is 280 g/mol. The summed E-state index contributed by atoms with van der Waals surface area (Å²) in [4.78, 5) is 15.0. The summed E-state index contributed by atoms with van der Waals surface area (Å²) in [5.74, 6) is -0.489. The zero-order valence-electron chi connectivity index (χ0n) is 10.9. The largest absolute Gasteiger partial charge is 0.399 e. The van der Waals surface area contributed by atoms with E-state index in [9.17, 15) is 13.2 Å². The highest BCUT2D eigenvalue weighted by atomic mass is 32.2. The van der Waals surface area contributed by atoms with E-state index < -0.39 is 10.0 Å². The predicted octanol–water partition coefficient (Wildman–Crippen LogP) is 0.0291. The third kappa shape index (κ3) is 3.09. The summed E-state index contributed by atoms with van der Waals surface area (Å²) in [6.07, 6.45) is 1.58. The number of H-pyrrole nitrogens is 1. The molecule has 2 aromatic rings. The van der Waals surface area contributed by atoms with Gasteiger partial charge in [0.15, 0.2) is 0 Å². The molecule has 0 fully saturated rings. The predicted molar refractivity (Wildman–Crippen MR) is 77.9 cm³/mol. The zero-order valence-corrected chi connectivity index (χ0v) is 11.8. The van der Waals surface area contributed by atoms with E-state index in [1.54, 1.807) is 24.4 Å². The Hall–Kier alpha value is -2.06. The fraction of sp³-hybridized carbons (Fsp3) is 0.250. The minimum Gasteiger partial charge on any atom is -0.399 e. The van der Waals surface area contributed by atoms with E-state index in [0.717, 1.165) is 10.9 Å². The van der Waals surface area contributed by atoms with E-state index in [4.69, 9.17) is 5.73 Å². The number of hydrogen-bond donors (Lipinski definition) is 4. The first kappa shape index (κ1) is 14.4. The lowest BCUT2D eigenvalue weighted by Crippen LogP contribution is -2.32. The Kier molecular flexibility index (Phi) is 3.96. The summed E-state index contributed by atoms with van der Waals surface area (Å²) < 4.78 is 24.7. The van der Waals surface area contributed by atoms with Crippen LogP contribution in [-0.4, -0.2) is 38.7 Å². The standard InChI is InChI=1S/C12H16N4O3S/c1-14-20(18,19)5-4-15-12(17)10-7-16-11-6-8(13)2-3-9(10)11/h2-3,6-7,14,16H,4-5,13H2,1H3,(H,15,17). The Morgan fingerprint density at radius 2 is 2.15 bits per heavy atom. The third-order valence-corrected chi connectivity index (χ3v) is 4.28. The fourth-order valence-electron chi connectivity index (χ4n) is 1.83. The number of anilines is 1. The summed E-state index contributed by atoms with van der Waals surface area (Å²) in [5.41, 5.74) is 7.48. The average Bonchev–Trinajstić information content (AvgIpc) is 2.81. The summed E-state index contributed by atoms with van der Waals surface area (Å²) in [5, 5.41) is 3.32. The molecule has 0 aliphatic rings. The Labute approximate surface area is 116 Å². The smallest absolute Gasteiger partial charge is 0.253 e. The van der Waals surface area contributed by atoms with Gasteiger partial charge in [-0.05, 0) is 25.2 Å². The second-order valence-electron chi connectivity index (χ2n) is 4.29. The summed E-state index contributed by atoms with van der Waals surface area (Å²) >= 11 is 0. The number of aromatic nitrogens is 1. The molecule has 5 N–H and O–H groups in total. The lowest BCUT2D eigenvalue weighted by atomic mass is 10.1. The molecule has 1 heterocycles. The molecule has 1 aromatic heterocycles. The van der Waals surface area contributed by atoms with E-state index in [2.05, 4.69) is 15.0 Å². The number of fused-ring (bicyclic) bond motifs is 1. The van der Waals surface area contributed by atoms with E-state index in [0.29, 0.717) is 11.3 Å². The van der Waals surface area contributed by atoms with Gasteiger partial charge in [0.25, 0.3) is 5.91 Å². The van der Waals surface area contributed by atoms with Crippen LogP contribution in [-0.2, 0) is 10.0 Å². The van der Waals surface area contributed by atoms with Gasteiger partial charge >= 0.3 is 0 Å². The van der Waals surface area contributed by atoms with Gasteiger partial charge in [-0.15, -0.1) is 0 Å². The van der Waals surface area contributed by atoms with Crippen molar-refractivity contribution in [2.45, 2.75) is 0 Å². The fourth-order valence-corrected chi connectivity index (χ4v) is 2.40. The molecule has 1 amide bonds. The van der Waals surface area contributed by atoms with Gasteiger partial charge in [0.1, 0.15) is 0 Å². The highest BCUT2D eigenvalue weighted by molar-refractivity contribution is 7.89. The summed E-state index contributed by atoms with van der Waals surface area (Å²) in [7, 11) is -1.99. The second kappa shape index (κ2) is 5.51. The van der Waals surface area contributed by atoms with Crippen LogP contribution in [0.25, 0.3) is 10.9 Å². The minimum absolute atomic E-state index is 0.0453. The molecule has 0 unspecified atom stereocenters. The number of aromatic amines is 1. The highest BCUT2D eigenvalue weighted by Crippen LogP contribution is 2.20. The van der Waals surface area contributed by atoms with Crippen molar-refractivity contribution in [3.8, 4) is 0 Å². The van der Waals surface area contributed by atoms with Crippen molar-refractivity contribution < 1.29 is 13.2 Å². The maximum absolute atomic E-state index is 12.0. The molecule has 0 aliphatic heterocycles. The number of carbonyl (C=O) groups excluding carboxylic acids is 1. The number of benzene rings is 1. The van der Waals surface area contributed by atoms with Gasteiger partial charge in [0.2, 0.25) is 10.0 Å². The highest BCUT2D eigenvalue weighted by Gasteiger charge is 2.13. The van der Waals surface area contributed by atoms with Gasteiger partial charge in [0, 0.05) is 29.3 Å². The summed E-state index contributed by atoms with van der Waals surface area (Å²) in [6, 6.07) is 5.19. The van der Waals surface area contributed by atoms with Crippen molar-refractivity contribution in [2.24, 2.45) is 0 Å². The lowest BCUT2D eigenvalue weighted by molar-refractivity contribution is 0.0958. The van der Waals surface area contributed by atoms with Crippen LogP contribution in [0.4, 0.5) is 5.69 Å². The number of rotatable bonds is 5. The zero-order chi connectivity index (χ0) is 14.8. The molecule has 0 aliphatic carbocycles. The number of nitrogens with one attached hydrogen (secondary N) is 3. The van der Waals surface area contributed by atoms with Crippen molar-refractivity contribution in [3.05, 3.63) is 30.0 Å². The Morgan fingerprint density at radius 1 is 1.40 bits per heavy atom. The van der Waals surface area contributed by atoms with Crippen molar-refractivity contribution in [2.75, 3.05) is 25.1 Å². The molecule has 20 heavy (non-hydrogen) atoms. The van der Waals surface area contributed by atoms with Gasteiger partial charge in [-0.3, -0.25) is 4.79 Å². The van der Waals surface area contributed by atoms with Crippen molar-refractivity contribution in [3.63, 3.8) is 0 Å². The van der Waals surface area contributed by atoms with Gasteiger partial charge in [-0.2, -0.15) is 0 Å². The van der Waals surface area contributed by atoms with Crippen LogP contribution < -0.4 is 15.8 Å². The molecular formula is C12H16N4O3S. The number of amides is 1. The molecule has 0 radical (unpaired) electrons. The van der Waals surface area contributed by atoms with Crippen LogP contribution in [0.5, 0.6) is 0 Å². The van der Waals surface area contributed by atoms with Crippen LogP contribution in [0.3, 0.4) is 0 Å². The van der Waals surface area contributed by atoms with Crippen molar-refractivity contribution in [1.29, 1.82) is 0 Å². The molecule has 0 bridgehead atoms. The normalized spacial score (nSPS) is 11.7. The van der Waals surface area contributed by atoms with Crippen LogP contribution >= 0.6 is 0 Å². The minimum atomic E-state index is -3.32. The van der Waals surface area contributed by atoms with Crippen LogP contribution in [0, 0.1) is 0 Å². The van der Waals surface area contributed by atoms with E-state index in [1.807, 2.05) is 0 Å². The topological polar surface area (TPSA) is 117 Å². The number of nitrogen functional groups attached to an aromatic ring is 1. The first-order valence-corrected chi connectivity index (χ1v) is 7.64. The van der Waals surface area contributed by atoms with Gasteiger partial charge < -0.3 is 16.0 Å². The Morgan fingerprint density at radius 3 is 2.85 bits per heavy atom. The molecule has 0 saturated carbocycles. The second-order valence-corrected chi connectivity index (χ2v) is 6.33. The van der Waals surface area contributed by atoms with Gasteiger partial charge in [-0.25, -0.2) is 13.1 Å². The first-order chi connectivity index (χ1) is 9.43. The van der Waals surface area contributed by atoms with Gasteiger partial charge in [0.05, 0.1) is 11.3 Å². The monoisotopic (exact) mass is 296 g/mol. The number of sulfonamides is 1. The molecule has 0 saturated heterocycles. The van der Waals surface area contributed by atoms with E-state index in [1.165, 1.54) is 7.05 Å². The average molecular weight is 296 g/mol. The quantitative estimate of drug-likeness (QED) is 0.582. The summed E-state index contributed by atoms with van der Waals surface area (Å²) in [6.45, 7) is 0.0453. The lowest BCUT2D eigenvalue weighted by Gasteiger charge is -2.05. The Balaban J connectivity index is 2.09. The Bertz CT molecular complexity index is 736. The molecule has 2 rings (SSSR count). The molecule has 108 valence electrons. The van der Waals surface area contributed by atoms with Crippen LogP contribution in [0.1, 0.15) is 10.4 Å². The maximum atomic E-state index is 12.0. The number of nitrogens with two attached hydrogens (primary N) is 1. The van der Waals surface area contributed by atoms with E-state index >= 15 is 0 Å². The van der Waals surface area contributed by atoms with Crippen molar-refractivity contribution in [1.82, 2.24) is 15.0 Å². The van der Waals surface area contributed by atoms with Crippen molar-refractivity contribution >= 4 is 32.5 Å². The molecule has 8 heteroatoms. The maximum Gasteiger partial charge on any atom is 0.253 e. The van der Waals surface area contributed by atoms with Gasteiger partial charge in [-0.1, -0.05) is 0 Å². The van der Waals surface area contributed by atoms with E-state index in [-0.39, 0.29) is 18.2 Å². The first-order valence-electron chi connectivity index (χ1n) is 5.99. The molecule has 0 atom stereocenters. The third-order valence-electron chi connectivity index (χ3n) is 2.92. The SMILES string of the molecule is CNS(=O)(=O)CCNC(=O)c1c[nH]c2cc(N)ccc12. The number of hydrogen-bond acceptors (Lipinski definition) is 4. The van der Waals surface area contributed by atoms with Crippen LogP contribution in [0.2, 0.25) is 0 Å². The molecule has 1 aromatic carbocycles. The molecule has 7 nitrogen and oxygen atoms in total. The van der Waals surface area contributed by atoms with Crippen LogP contribution in [0.15, 0.2) is 24.4 Å². The number of carbonyl (C=O) groups is 1. The molecule has 0 spiro atoms.